The minimum atomic E-state index is -0.615. The third-order valence-electron chi connectivity index (χ3n) is 3.73. The fourth-order valence-electron chi connectivity index (χ4n) is 2.46. The molecule has 0 unspecified atom stereocenters. The summed E-state index contributed by atoms with van der Waals surface area (Å²) in [5.74, 6) is 4.72. The van der Waals surface area contributed by atoms with Gasteiger partial charge in [-0.05, 0) is 30.7 Å². The summed E-state index contributed by atoms with van der Waals surface area (Å²) in [7, 11) is 0. The number of anilines is 1. The number of aromatic nitrogens is 1. The van der Waals surface area contributed by atoms with E-state index in [0.717, 1.165) is 15.8 Å². The van der Waals surface area contributed by atoms with E-state index in [9.17, 15) is 9.18 Å². The number of halogens is 1. The van der Waals surface area contributed by atoms with E-state index in [1.165, 1.54) is 23.5 Å². The zero-order valence-corrected chi connectivity index (χ0v) is 15.2. The Balaban J connectivity index is 1.81. The number of amides is 1. The van der Waals surface area contributed by atoms with Crippen LogP contribution in [0.5, 0.6) is 5.75 Å². The summed E-state index contributed by atoms with van der Waals surface area (Å²) in [6.07, 6.45) is 2.40. The molecule has 0 atom stereocenters. The summed E-state index contributed by atoms with van der Waals surface area (Å²) < 4.78 is 19.9. The molecule has 3 rings (SSSR count). The first-order chi connectivity index (χ1) is 12.6. The number of carbonyl (C=O) groups excluding carboxylic acids is 1. The van der Waals surface area contributed by atoms with Crippen LogP contribution in [-0.4, -0.2) is 17.5 Å². The number of nitrogens with zero attached hydrogens (tertiary/aromatic N) is 1. The Bertz CT molecular complexity index is 1020. The second-order valence-corrected chi connectivity index (χ2v) is 6.48. The molecule has 1 aromatic carbocycles. The van der Waals surface area contributed by atoms with Gasteiger partial charge in [0.15, 0.2) is 11.6 Å². The monoisotopic (exact) mass is 368 g/mol. The van der Waals surface area contributed by atoms with Gasteiger partial charge in [-0.15, -0.1) is 17.3 Å². The Morgan fingerprint density at radius 2 is 2.15 bits per heavy atom. The Hall–Kier alpha value is -2.91. The summed E-state index contributed by atoms with van der Waals surface area (Å²) in [5, 5.41) is 3.55. The van der Waals surface area contributed by atoms with Crippen LogP contribution in [0.3, 0.4) is 0 Å². The molecule has 0 saturated heterocycles. The number of hydrogen-bond acceptors (Lipinski definition) is 4. The third kappa shape index (κ3) is 3.68. The van der Waals surface area contributed by atoms with E-state index in [1.54, 1.807) is 12.3 Å². The lowest BCUT2D eigenvalue weighted by Gasteiger charge is -2.09. The Morgan fingerprint density at radius 1 is 1.31 bits per heavy atom. The molecule has 0 radical (unpaired) electrons. The van der Waals surface area contributed by atoms with E-state index in [1.807, 2.05) is 26.0 Å². The SMILES string of the molecule is CCC#CCOc1cccc(NC(=O)c2sc3ncccc3c2C)c1F. The van der Waals surface area contributed by atoms with Crippen LogP contribution < -0.4 is 10.1 Å². The highest BCUT2D eigenvalue weighted by Gasteiger charge is 2.18. The van der Waals surface area contributed by atoms with Crippen molar-refractivity contribution in [2.75, 3.05) is 11.9 Å². The van der Waals surface area contributed by atoms with Gasteiger partial charge >= 0.3 is 0 Å². The van der Waals surface area contributed by atoms with Crippen molar-refractivity contribution in [3.05, 3.63) is 52.8 Å². The van der Waals surface area contributed by atoms with Crippen molar-refractivity contribution >= 4 is 33.1 Å². The average molecular weight is 368 g/mol. The molecule has 1 amide bonds. The standard InChI is InChI=1S/C20H17FN2O2S/c1-3-4-5-12-25-16-10-6-9-15(17(16)21)23-19(24)18-13(2)14-8-7-11-22-20(14)26-18/h6-11H,3,12H2,1-2H3,(H,23,24). The highest BCUT2D eigenvalue weighted by Crippen LogP contribution is 2.30. The Labute approximate surface area is 155 Å². The summed E-state index contributed by atoms with van der Waals surface area (Å²) in [5.41, 5.74) is 0.902. The molecular weight excluding hydrogens is 351 g/mol. The molecule has 132 valence electrons. The molecule has 0 saturated carbocycles. The molecule has 0 aliphatic rings. The van der Waals surface area contributed by atoms with Crippen LogP contribution in [0.2, 0.25) is 0 Å². The number of pyridine rings is 1. The van der Waals surface area contributed by atoms with Crippen LogP contribution in [0.15, 0.2) is 36.5 Å². The van der Waals surface area contributed by atoms with Crippen LogP contribution in [0.4, 0.5) is 10.1 Å². The van der Waals surface area contributed by atoms with Gasteiger partial charge in [0.2, 0.25) is 0 Å². The lowest BCUT2D eigenvalue weighted by molar-refractivity contribution is 0.102. The molecule has 6 heteroatoms. The van der Waals surface area contributed by atoms with Gasteiger partial charge in [-0.2, -0.15) is 0 Å². The molecule has 2 heterocycles. The molecular formula is C20H17FN2O2S. The first-order valence-electron chi connectivity index (χ1n) is 8.14. The van der Waals surface area contributed by atoms with Gasteiger partial charge in [0.25, 0.3) is 5.91 Å². The first-order valence-corrected chi connectivity index (χ1v) is 8.96. The van der Waals surface area contributed by atoms with Gasteiger partial charge in [0.05, 0.1) is 10.6 Å². The predicted octanol–water partition coefficient (Wildman–Crippen LogP) is 4.79. The summed E-state index contributed by atoms with van der Waals surface area (Å²) in [4.78, 5) is 18.2. The number of rotatable bonds is 4. The summed E-state index contributed by atoms with van der Waals surface area (Å²) in [6, 6.07) is 8.37. The van der Waals surface area contributed by atoms with Crippen LogP contribution in [-0.2, 0) is 0 Å². The maximum absolute atomic E-state index is 14.6. The summed E-state index contributed by atoms with van der Waals surface area (Å²) in [6.45, 7) is 3.89. The zero-order chi connectivity index (χ0) is 18.5. The minimum absolute atomic E-state index is 0.0583. The lowest BCUT2D eigenvalue weighted by Crippen LogP contribution is -2.13. The number of ether oxygens (including phenoxy) is 1. The van der Waals surface area contributed by atoms with Crippen LogP contribution in [0, 0.1) is 24.6 Å². The normalized spacial score (nSPS) is 10.3. The molecule has 1 N–H and O–H groups in total. The second kappa shape index (κ2) is 7.98. The van der Waals surface area contributed by atoms with Crippen molar-refractivity contribution in [2.24, 2.45) is 0 Å². The van der Waals surface area contributed by atoms with Crippen LogP contribution in [0.25, 0.3) is 10.2 Å². The van der Waals surface area contributed by atoms with E-state index < -0.39 is 5.82 Å². The molecule has 0 aliphatic heterocycles. The molecule has 2 aromatic heterocycles. The van der Waals surface area contributed by atoms with E-state index in [2.05, 4.69) is 22.1 Å². The van der Waals surface area contributed by atoms with Crippen molar-refractivity contribution in [2.45, 2.75) is 20.3 Å². The fraction of sp³-hybridized carbons (Fsp3) is 0.200. The number of hydrogen-bond donors (Lipinski definition) is 1. The van der Waals surface area contributed by atoms with Crippen molar-refractivity contribution in [3.63, 3.8) is 0 Å². The molecule has 0 aliphatic carbocycles. The van der Waals surface area contributed by atoms with Gasteiger partial charge in [0, 0.05) is 18.0 Å². The van der Waals surface area contributed by atoms with Gasteiger partial charge in [-0.1, -0.05) is 25.0 Å². The first kappa shape index (κ1) is 17.9. The average Bonchev–Trinajstić information content (AvgIpc) is 2.99. The molecule has 3 aromatic rings. The molecule has 0 fully saturated rings. The van der Waals surface area contributed by atoms with Gasteiger partial charge in [-0.25, -0.2) is 9.37 Å². The van der Waals surface area contributed by atoms with E-state index in [0.29, 0.717) is 11.3 Å². The maximum Gasteiger partial charge on any atom is 0.266 e. The molecule has 26 heavy (non-hydrogen) atoms. The van der Waals surface area contributed by atoms with Crippen molar-refractivity contribution in [1.82, 2.24) is 4.98 Å². The molecule has 0 spiro atoms. The third-order valence-corrected chi connectivity index (χ3v) is 4.95. The van der Waals surface area contributed by atoms with E-state index in [4.69, 9.17) is 4.74 Å². The maximum atomic E-state index is 14.6. The Morgan fingerprint density at radius 3 is 2.92 bits per heavy atom. The topological polar surface area (TPSA) is 51.2 Å². The zero-order valence-electron chi connectivity index (χ0n) is 14.4. The number of carbonyl (C=O) groups is 1. The fourth-order valence-corrected chi connectivity index (χ4v) is 3.50. The number of thiophene rings is 1. The number of fused-ring (bicyclic) bond motifs is 1. The van der Waals surface area contributed by atoms with Gasteiger partial charge in [-0.3, -0.25) is 4.79 Å². The van der Waals surface area contributed by atoms with Crippen molar-refractivity contribution < 1.29 is 13.9 Å². The van der Waals surface area contributed by atoms with Crippen molar-refractivity contribution in [1.29, 1.82) is 0 Å². The van der Waals surface area contributed by atoms with E-state index in [-0.39, 0.29) is 24.0 Å². The van der Waals surface area contributed by atoms with Crippen LogP contribution >= 0.6 is 11.3 Å². The highest BCUT2D eigenvalue weighted by atomic mass is 32.1. The smallest absolute Gasteiger partial charge is 0.266 e. The minimum Gasteiger partial charge on any atom is -0.478 e. The quantitative estimate of drug-likeness (QED) is 0.674. The largest absolute Gasteiger partial charge is 0.478 e. The van der Waals surface area contributed by atoms with Crippen LogP contribution in [0.1, 0.15) is 28.6 Å². The lowest BCUT2D eigenvalue weighted by atomic mass is 10.2. The number of benzene rings is 1. The summed E-state index contributed by atoms with van der Waals surface area (Å²) >= 11 is 1.29. The number of aryl methyl sites for hydroxylation is 1. The van der Waals surface area contributed by atoms with Gasteiger partial charge < -0.3 is 10.1 Å². The van der Waals surface area contributed by atoms with E-state index >= 15 is 0 Å². The Kier molecular flexibility index (Phi) is 5.49. The van der Waals surface area contributed by atoms with Crippen molar-refractivity contribution in [3.8, 4) is 17.6 Å². The van der Waals surface area contributed by atoms with Gasteiger partial charge in [0.1, 0.15) is 11.4 Å². The molecule has 4 nitrogen and oxygen atoms in total. The molecule has 0 bridgehead atoms. The number of nitrogens with one attached hydrogen (secondary N) is 1. The predicted molar refractivity (Wildman–Crippen MR) is 102 cm³/mol. The second-order valence-electron chi connectivity index (χ2n) is 5.48. The highest BCUT2D eigenvalue weighted by molar-refractivity contribution is 7.20.